The van der Waals surface area contributed by atoms with Crippen molar-refractivity contribution in [1.29, 1.82) is 0 Å². The van der Waals surface area contributed by atoms with Crippen LogP contribution in [0.1, 0.15) is 6.92 Å². The largest absolute Gasteiger partial charge is 0.481 e. The zero-order valence-corrected chi connectivity index (χ0v) is 11.9. The first kappa shape index (κ1) is 14.2. The standard InChI is InChI=1S/C16H14ClNO2/c1-3-11-20-13-7-5-12(6-8-13)15-10-9-14(17)16(19)18(15)4-2/h1,5-10H,4,11H2,2H3. The lowest BCUT2D eigenvalue weighted by Gasteiger charge is -2.12. The van der Waals surface area contributed by atoms with Crippen LogP contribution in [0.3, 0.4) is 0 Å². The van der Waals surface area contributed by atoms with E-state index in [1.807, 2.05) is 37.3 Å². The third-order valence-corrected chi connectivity index (χ3v) is 3.20. The molecule has 0 saturated carbocycles. The molecular formula is C16H14ClNO2. The molecule has 3 nitrogen and oxygen atoms in total. The summed E-state index contributed by atoms with van der Waals surface area (Å²) in [7, 11) is 0. The fourth-order valence-electron chi connectivity index (χ4n) is 1.96. The van der Waals surface area contributed by atoms with Gasteiger partial charge in [0.15, 0.2) is 0 Å². The van der Waals surface area contributed by atoms with Gasteiger partial charge < -0.3 is 9.30 Å². The second-order valence-corrected chi connectivity index (χ2v) is 4.54. The van der Waals surface area contributed by atoms with Gasteiger partial charge in [-0.15, -0.1) is 6.42 Å². The van der Waals surface area contributed by atoms with Gasteiger partial charge >= 0.3 is 0 Å². The van der Waals surface area contributed by atoms with Crippen molar-refractivity contribution in [2.75, 3.05) is 6.61 Å². The SMILES string of the molecule is C#CCOc1ccc(-c2ccc(Cl)c(=O)n2CC)cc1. The first-order chi connectivity index (χ1) is 9.67. The Hall–Kier alpha value is -2.18. The summed E-state index contributed by atoms with van der Waals surface area (Å²) in [6.07, 6.45) is 5.14. The van der Waals surface area contributed by atoms with Crippen LogP contribution < -0.4 is 10.3 Å². The lowest BCUT2D eigenvalue weighted by molar-refractivity contribution is 0.370. The Morgan fingerprint density at radius 2 is 1.95 bits per heavy atom. The quantitative estimate of drug-likeness (QED) is 0.809. The molecule has 0 spiro atoms. The van der Waals surface area contributed by atoms with E-state index < -0.39 is 0 Å². The molecule has 102 valence electrons. The zero-order valence-electron chi connectivity index (χ0n) is 11.1. The Balaban J connectivity index is 2.40. The number of hydrogen-bond donors (Lipinski definition) is 0. The number of pyridine rings is 1. The number of halogens is 1. The van der Waals surface area contributed by atoms with Crippen molar-refractivity contribution in [3.63, 3.8) is 0 Å². The summed E-state index contributed by atoms with van der Waals surface area (Å²) in [5, 5.41) is 0.226. The van der Waals surface area contributed by atoms with E-state index in [0.29, 0.717) is 12.3 Å². The second kappa shape index (κ2) is 6.31. The number of ether oxygens (including phenoxy) is 1. The maximum Gasteiger partial charge on any atom is 0.269 e. The Labute approximate surface area is 122 Å². The van der Waals surface area contributed by atoms with Gasteiger partial charge in [-0.3, -0.25) is 4.79 Å². The van der Waals surface area contributed by atoms with Crippen LogP contribution in [0, 0.1) is 12.3 Å². The van der Waals surface area contributed by atoms with Crippen molar-refractivity contribution < 1.29 is 4.74 Å². The number of rotatable bonds is 4. The van der Waals surface area contributed by atoms with Gasteiger partial charge in [-0.1, -0.05) is 17.5 Å². The first-order valence-corrected chi connectivity index (χ1v) is 6.61. The van der Waals surface area contributed by atoms with Crippen molar-refractivity contribution in [1.82, 2.24) is 4.57 Å². The maximum atomic E-state index is 12.0. The predicted molar refractivity (Wildman–Crippen MR) is 81.2 cm³/mol. The van der Waals surface area contributed by atoms with Gasteiger partial charge in [0.2, 0.25) is 0 Å². The van der Waals surface area contributed by atoms with E-state index >= 15 is 0 Å². The van der Waals surface area contributed by atoms with Crippen LogP contribution in [0.15, 0.2) is 41.2 Å². The van der Waals surface area contributed by atoms with Gasteiger partial charge in [0.25, 0.3) is 5.56 Å². The third kappa shape index (κ3) is 2.87. The Morgan fingerprint density at radius 3 is 2.55 bits per heavy atom. The number of nitrogens with zero attached hydrogens (tertiary/aromatic N) is 1. The molecule has 0 aliphatic heterocycles. The third-order valence-electron chi connectivity index (χ3n) is 2.92. The molecule has 0 aliphatic carbocycles. The van der Waals surface area contributed by atoms with E-state index in [0.717, 1.165) is 11.3 Å². The highest BCUT2D eigenvalue weighted by Gasteiger charge is 2.08. The molecule has 1 aromatic heterocycles. The summed E-state index contributed by atoms with van der Waals surface area (Å²) in [4.78, 5) is 12.0. The molecule has 0 radical (unpaired) electrons. The van der Waals surface area contributed by atoms with Crippen LogP contribution in [-0.4, -0.2) is 11.2 Å². The Bertz CT molecular complexity index is 696. The highest BCUT2D eigenvalue weighted by atomic mass is 35.5. The van der Waals surface area contributed by atoms with Gasteiger partial charge in [0, 0.05) is 6.54 Å². The molecule has 1 heterocycles. The topological polar surface area (TPSA) is 31.2 Å². The number of terminal acetylenes is 1. The molecule has 0 saturated heterocycles. The number of benzene rings is 1. The minimum absolute atomic E-state index is 0.181. The van der Waals surface area contributed by atoms with E-state index in [2.05, 4.69) is 5.92 Å². The minimum Gasteiger partial charge on any atom is -0.481 e. The molecule has 0 fully saturated rings. The van der Waals surface area contributed by atoms with E-state index in [9.17, 15) is 4.79 Å². The fourth-order valence-corrected chi connectivity index (χ4v) is 2.13. The monoisotopic (exact) mass is 287 g/mol. The Morgan fingerprint density at radius 1 is 1.25 bits per heavy atom. The van der Waals surface area contributed by atoms with Crippen LogP contribution >= 0.6 is 11.6 Å². The van der Waals surface area contributed by atoms with E-state index in [1.54, 1.807) is 10.6 Å². The summed E-state index contributed by atoms with van der Waals surface area (Å²) >= 11 is 5.86. The summed E-state index contributed by atoms with van der Waals surface area (Å²) in [5.41, 5.74) is 1.57. The van der Waals surface area contributed by atoms with Gasteiger partial charge in [-0.2, -0.15) is 0 Å². The van der Waals surface area contributed by atoms with Gasteiger partial charge in [0.1, 0.15) is 17.4 Å². The molecular weight excluding hydrogens is 274 g/mol. The lowest BCUT2D eigenvalue weighted by Crippen LogP contribution is -2.20. The average Bonchev–Trinajstić information content (AvgIpc) is 2.48. The molecule has 4 heteroatoms. The fraction of sp³-hybridized carbons (Fsp3) is 0.188. The average molecular weight is 288 g/mol. The van der Waals surface area contributed by atoms with E-state index in [1.165, 1.54) is 0 Å². The molecule has 0 bridgehead atoms. The predicted octanol–water partition coefficient (Wildman–Crippen LogP) is 3.20. The van der Waals surface area contributed by atoms with Crippen molar-refractivity contribution in [3.05, 3.63) is 51.8 Å². The summed E-state index contributed by atoms with van der Waals surface area (Å²) in [5.74, 6) is 3.11. The zero-order chi connectivity index (χ0) is 14.5. The first-order valence-electron chi connectivity index (χ1n) is 6.23. The van der Waals surface area contributed by atoms with E-state index in [-0.39, 0.29) is 17.2 Å². The van der Waals surface area contributed by atoms with Crippen LogP contribution in [0.5, 0.6) is 5.75 Å². The lowest BCUT2D eigenvalue weighted by atomic mass is 10.1. The van der Waals surface area contributed by atoms with Crippen LogP contribution in [0.4, 0.5) is 0 Å². The van der Waals surface area contributed by atoms with Gasteiger partial charge in [-0.25, -0.2) is 0 Å². The molecule has 2 aromatic rings. The molecule has 0 amide bonds. The molecule has 0 atom stereocenters. The van der Waals surface area contributed by atoms with Crippen molar-refractivity contribution >= 4 is 11.6 Å². The van der Waals surface area contributed by atoms with Crippen LogP contribution in [0.2, 0.25) is 5.02 Å². The normalized spacial score (nSPS) is 10.1. The summed E-state index contributed by atoms with van der Waals surface area (Å²) in [6.45, 7) is 2.70. The van der Waals surface area contributed by atoms with E-state index in [4.69, 9.17) is 22.8 Å². The van der Waals surface area contributed by atoms with Crippen molar-refractivity contribution in [2.45, 2.75) is 13.5 Å². The molecule has 1 aromatic carbocycles. The number of hydrogen-bond acceptors (Lipinski definition) is 2. The highest BCUT2D eigenvalue weighted by Crippen LogP contribution is 2.22. The van der Waals surface area contributed by atoms with Gasteiger partial charge in [0.05, 0.1) is 5.69 Å². The number of aromatic nitrogens is 1. The molecule has 2 rings (SSSR count). The van der Waals surface area contributed by atoms with Gasteiger partial charge in [-0.05, 0) is 48.9 Å². The minimum atomic E-state index is -0.181. The van der Waals surface area contributed by atoms with Crippen LogP contribution in [0.25, 0.3) is 11.3 Å². The molecule has 0 aliphatic rings. The molecule has 20 heavy (non-hydrogen) atoms. The molecule has 0 N–H and O–H groups in total. The second-order valence-electron chi connectivity index (χ2n) is 4.13. The highest BCUT2D eigenvalue weighted by molar-refractivity contribution is 6.30. The molecule has 0 unspecified atom stereocenters. The summed E-state index contributed by atoms with van der Waals surface area (Å²) < 4.78 is 6.96. The Kier molecular flexibility index (Phi) is 4.49. The maximum absolute atomic E-state index is 12.0. The van der Waals surface area contributed by atoms with Crippen LogP contribution in [-0.2, 0) is 6.54 Å². The van der Waals surface area contributed by atoms with Crippen molar-refractivity contribution in [2.24, 2.45) is 0 Å². The summed E-state index contributed by atoms with van der Waals surface area (Å²) in [6, 6.07) is 10.9. The smallest absolute Gasteiger partial charge is 0.269 e. The van der Waals surface area contributed by atoms with Crippen molar-refractivity contribution in [3.8, 4) is 29.4 Å².